The zero-order valence-electron chi connectivity index (χ0n) is 9.45. The van der Waals surface area contributed by atoms with Gasteiger partial charge in [0.1, 0.15) is 10.9 Å². The standard InChI is InChI=1S/C10H11N7S/c11-9(12)6-3-4-13-8(5-6)18-10-14-15-16-17(10)7-1-2-7/h3-5,7H,1-2H2,(H3,11,12). The molecule has 2 heterocycles. The Balaban J connectivity index is 1.85. The summed E-state index contributed by atoms with van der Waals surface area (Å²) in [6.07, 6.45) is 3.88. The molecule has 1 fully saturated rings. The van der Waals surface area contributed by atoms with Crippen molar-refractivity contribution in [2.75, 3.05) is 0 Å². The molecule has 2 aromatic rings. The first-order valence-corrected chi connectivity index (χ1v) is 6.32. The van der Waals surface area contributed by atoms with Crippen LogP contribution in [0, 0.1) is 5.41 Å². The van der Waals surface area contributed by atoms with Crippen LogP contribution < -0.4 is 5.73 Å². The van der Waals surface area contributed by atoms with Gasteiger partial charge >= 0.3 is 0 Å². The number of aromatic nitrogens is 5. The van der Waals surface area contributed by atoms with Crippen LogP contribution in [-0.2, 0) is 0 Å². The number of pyridine rings is 1. The summed E-state index contributed by atoms with van der Waals surface area (Å²) in [7, 11) is 0. The Hall–Kier alpha value is -1.96. The average molecular weight is 261 g/mol. The molecular weight excluding hydrogens is 250 g/mol. The Labute approximate surface area is 107 Å². The van der Waals surface area contributed by atoms with Gasteiger partial charge in [0, 0.05) is 11.8 Å². The molecule has 2 aromatic heterocycles. The fraction of sp³-hybridized carbons (Fsp3) is 0.300. The molecule has 0 amide bonds. The van der Waals surface area contributed by atoms with Crippen molar-refractivity contribution in [3.63, 3.8) is 0 Å². The summed E-state index contributed by atoms with van der Waals surface area (Å²) in [5.41, 5.74) is 6.10. The van der Waals surface area contributed by atoms with Crippen molar-refractivity contribution in [2.45, 2.75) is 29.1 Å². The van der Waals surface area contributed by atoms with E-state index >= 15 is 0 Å². The van der Waals surface area contributed by atoms with Crippen LogP contribution in [0.2, 0.25) is 0 Å². The number of rotatable bonds is 4. The van der Waals surface area contributed by atoms with Crippen LogP contribution in [0.1, 0.15) is 24.4 Å². The quantitative estimate of drug-likeness (QED) is 0.624. The largest absolute Gasteiger partial charge is 0.384 e. The summed E-state index contributed by atoms with van der Waals surface area (Å²) < 4.78 is 1.83. The highest BCUT2D eigenvalue weighted by Gasteiger charge is 2.28. The number of nitrogen functional groups attached to an aromatic ring is 1. The Morgan fingerprint density at radius 2 is 2.33 bits per heavy atom. The SMILES string of the molecule is N=C(N)c1ccnc(Sc2nnnn2C2CC2)c1. The Morgan fingerprint density at radius 1 is 1.50 bits per heavy atom. The highest BCUT2D eigenvalue weighted by Crippen LogP contribution is 2.37. The smallest absolute Gasteiger partial charge is 0.215 e. The lowest BCUT2D eigenvalue weighted by Gasteiger charge is -2.03. The second-order valence-electron chi connectivity index (χ2n) is 4.04. The van der Waals surface area contributed by atoms with Crippen molar-refractivity contribution in [3.05, 3.63) is 23.9 Å². The topological polar surface area (TPSA) is 106 Å². The third-order valence-electron chi connectivity index (χ3n) is 2.60. The molecule has 3 rings (SSSR count). The number of tetrazole rings is 1. The molecule has 0 unspecified atom stereocenters. The van der Waals surface area contributed by atoms with E-state index in [2.05, 4.69) is 20.5 Å². The number of hydrogen-bond donors (Lipinski definition) is 2. The van der Waals surface area contributed by atoms with Gasteiger partial charge in [-0.05, 0) is 47.2 Å². The van der Waals surface area contributed by atoms with Crippen LogP contribution in [0.5, 0.6) is 0 Å². The predicted molar refractivity (Wildman–Crippen MR) is 65.5 cm³/mol. The number of hydrogen-bond acceptors (Lipinski definition) is 6. The zero-order valence-corrected chi connectivity index (χ0v) is 10.3. The van der Waals surface area contributed by atoms with Gasteiger partial charge in [-0.1, -0.05) is 0 Å². The van der Waals surface area contributed by atoms with Crippen molar-refractivity contribution in [2.24, 2.45) is 5.73 Å². The van der Waals surface area contributed by atoms with Gasteiger partial charge in [-0.25, -0.2) is 9.67 Å². The number of nitrogens with one attached hydrogen (secondary N) is 1. The molecule has 7 nitrogen and oxygen atoms in total. The highest BCUT2D eigenvalue weighted by molar-refractivity contribution is 7.99. The van der Waals surface area contributed by atoms with Gasteiger partial charge in [0.15, 0.2) is 0 Å². The van der Waals surface area contributed by atoms with Gasteiger partial charge in [-0.2, -0.15) is 0 Å². The maximum atomic E-state index is 7.40. The minimum atomic E-state index is 0.0287. The Bertz CT molecular complexity index is 589. The molecule has 92 valence electrons. The lowest BCUT2D eigenvalue weighted by molar-refractivity contribution is 0.565. The number of amidine groups is 1. The van der Waals surface area contributed by atoms with E-state index in [1.54, 1.807) is 18.3 Å². The first-order valence-electron chi connectivity index (χ1n) is 5.50. The molecule has 0 radical (unpaired) electrons. The third-order valence-corrected chi connectivity index (χ3v) is 3.48. The fourth-order valence-corrected chi connectivity index (χ4v) is 2.37. The van der Waals surface area contributed by atoms with Crippen molar-refractivity contribution in [1.29, 1.82) is 5.41 Å². The minimum Gasteiger partial charge on any atom is -0.384 e. The highest BCUT2D eigenvalue weighted by atomic mass is 32.2. The van der Waals surface area contributed by atoms with E-state index in [-0.39, 0.29) is 5.84 Å². The van der Waals surface area contributed by atoms with E-state index in [1.807, 2.05) is 4.68 Å². The lowest BCUT2D eigenvalue weighted by atomic mass is 10.2. The summed E-state index contributed by atoms with van der Waals surface area (Å²) in [6, 6.07) is 3.90. The Morgan fingerprint density at radius 3 is 3.06 bits per heavy atom. The van der Waals surface area contributed by atoms with Gasteiger partial charge in [0.25, 0.3) is 0 Å². The lowest BCUT2D eigenvalue weighted by Crippen LogP contribution is -2.11. The zero-order chi connectivity index (χ0) is 12.5. The second-order valence-corrected chi connectivity index (χ2v) is 5.02. The summed E-state index contributed by atoms with van der Waals surface area (Å²) in [5.74, 6) is 0.0287. The first kappa shape index (κ1) is 11.1. The summed E-state index contributed by atoms with van der Waals surface area (Å²) in [4.78, 5) is 4.22. The van der Waals surface area contributed by atoms with Crippen molar-refractivity contribution >= 4 is 17.6 Å². The molecule has 0 aromatic carbocycles. The van der Waals surface area contributed by atoms with Gasteiger partial charge in [0.2, 0.25) is 5.16 Å². The van der Waals surface area contributed by atoms with Gasteiger partial charge in [0.05, 0.1) is 6.04 Å². The third kappa shape index (κ3) is 2.19. The van der Waals surface area contributed by atoms with Crippen molar-refractivity contribution in [3.8, 4) is 0 Å². The molecule has 0 aliphatic heterocycles. The summed E-state index contributed by atoms with van der Waals surface area (Å²) in [6.45, 7) is 0. The summed E-state index contributed by atoms with van der Waals surface area (Å²) >= 11 is 1.38. The van der Waals surface area contributed by atoms with E-state index in [0.717, 1.165) is 23.0 Å². The average Bonchev–Trinajstić information content (AvgIpc) is 3.11. The molecule has 1 aliphatic rings. The molecule has 0 atom stereocenters. The van der Waals surface area contributed by atoms with E-state index in [9.17, 15) is 0 Å². The van der Waals surface area contributed by atoms with Crippen molar-refractivity contribution in [1.82, 2.24) is 25.2 Å². The molecule has 0 spiro atoms. The molecular formula is C10H11N7S. The number of nitrogens with two attached hydrogens (primary N) is 1. The van der Waals surface area contributed by atoms with E-state index in [1.165, 1.54) is 11.8 Å². The monoisotopic (exact) mass is 261 g/mol. The van der Waals surface area contributed by atoms with Crippen LogP contribution in [0.3, 0.4) is 0 Å². The molecule has 18 heavy (non-hydrogen) atoms. The van der Waals surface area contributed by atoms with E-state index in [0.29, 0.717) is 11.6 Å². The molecule has 1 aliphatic carbocycles. The molecule has 3 N–H and O–H groups in total. The Kier molecular flexibility index (Phi) is 2.71. The van der Waals surface area contributed by atoms with Crippen LogP contribution in [0.25, 0.3) is 0 Å². The summed E-state index contributed by atoms with van der Waals surface area (Å²) in [5, 5.41) is 20.5. The van der Waals surface area contributed by atoms with Crippen LogP contribution >= 0.6 is 11.8 Å². The molecule has 1 saturated carbocycles. The fourth-order valence-electron chi connectivity index (χ4n) is 1.53. The molecule has 0 saturated heterocycles. The first-order chi connectivity index (χ1) is 8.74. The van der Waals surface area contributed by atoms with Gasteiger partial charge < -0.3 is 5.73 Å². The minimum absolute atomic E-state index is 0.0287. The van der Waals surface area contributed by atoms with Crippen LogP contribution in [-0.4, -0.2) is 31.0 Å². The van der Waals surface area contributed by atoms with E-state index in [4.69, 9.17) is 11.1 Å². The van der Waals surface area contributed by atoms with Gasteiger partial charge in [-0.3, -0.25) is 5.41 Å². The van der Waals surface area contributed by atoms with Crippen LogP contribution in [0.15, 0.2) is 28.5 Å². The van der Waals surface area contributed by atoms with Crippen molar-refractivity contribution < 1.29 is 0 Å². The maximum absolute atomic E-state index is 7.40. The number of nitrogens with zero attached hydrogens (tertiary/aromatic N) is 5. The second kappa shape index (κ2) is 4.37. The predicted octanol–water partition coefficient (Wildman–Crippen LogP) is 0.838. The van der Waals surface area contributed by atoms with Crippen LogP contribution in [0.4, 0.5) is 0 Å². The van der Waals surface area contributed by atoms with Gasteiger partial charge in [-0.15, -0.1) is 5.10 Å². The molecule has 8 heteroatoms. The molecule has 0 bridgehead atoms. The normalized spacial score (nSPS) is 14.7. The van der Waals surface area contributed by atoms with E-state index < -0.39 is 0 Å². The maximum Gasteiger partial charge on any atom is 0.215 e.